The fourth-order valence-electron chi connectivity index (χ4n) is 3.24. The third-order valence-electron chi connectivity index (χ3n) is 5.00. The van der Waals surface area contributed by atoms with Crippen molar-refractivity contribution < 1.29 is 0 Å². The molecule has 0 atom stereocenters. The summed E-state index contributed by atoms with van der Waals surface area (Å²) in [5.74, 6) is 2.42. The van der Waals surface area contributed by atoms with Gasteiger partial charge < -0.3 is 9.80 Å². The zero-order valence-electron chi connectivity index (χ0n) is 17.1. The van der Waals surface area contributed by atoms with Crippen molar-refractivity contribution in [3.05, 3.63) is 48.0 Å². The van der Waals surface area contributed by atoms with E-state index in [0.717, 1.165) is 49.6 Å². The molecule has 0 bridgehead atoms. The van der Waals surface area contributed by atoms with Crippen LogP contribution in [0.1, 0.15) is 18.3 Å². The number of rotatable bonds is 5. The van der Waals surface area contributed by atoms with E-state index in [9.17, 15) is 0 Å². The quantitative estimate of drug-likeness (QED) is 0.712. The van der Waals surface area contributed by atoms with Crippen LogP contribution in [0.15, 0.2) is 36.7 Å². The average molecular weight is 390 g/mol. The standard InChI is InChI=1S/C21H26N8/c1-4-18-24-20(27-21(25-18)29-10-8-28(3)9-11-29)26-19-22-13-17(14-23-19)16-7-5-6-15(2)12-16/h5-7,12-14H,4,8-11H2,1-3H3,(H,22,23,24,25,26,27). The highest BCUT2D eigenvalue weighted by Gasteiger charge is 2.18. The molecule has 1 saturated heterocycles. The van der Waals surface area contributed by atoms with Crippen molar-refractivity contribution in [1.29, 1.82) is 0 Å². The monoisotopic (exact) mass is 390 g/mol. The predicted molar refractivity (Wildman–Crippen MR) is 114 cm³/mol. The molecule has 1 N–H and O–H groups in total. The molecule has 4 rings (SSSR count). The zero-order chi connectivity index (χ0) is 20.2. The number of piperazine rings is 1. The van der Waals surface area contributed by atoms with Gasteiger partial charge in [0.25, 0.3) is 0 Å². The Balaban J connectivity index is 1.53. The van der Waals surface area contributed by atoms with E-state index in [1.54, 1.807) is 0 Å². The Labute approximate surface area is 171 Å². The summed E-state index contributed by atoms with van der Waals surface area (Å²) >= 11 is 0. The fraction of sp³-hybridized carbons (Fsp3) is 0.381. The van der Waals surface area contributed by atoms with Crippen LogP contribution in [-0.2, 0) is 6.42 Å². The average Bonchev–Trinajstić information content (AvgIpc) is 2.74. The van der Waals surface area contributed by atoms with Gasteiger partial charge >= 0.3 is 0 Å². The topological polar surface area (TPSA) is 83.0 Å². The third-order valence-corrected chi connectivity index (χ3v) is 5.00. The highest BCUT2D eigenvalue weighted by atomic mass is 15.3. The van der Waals surface area contributed by atoms with E-state index in [0.29, 0.717) is 17.8 Å². The zero-order valence-corrected chi connectivity index (χ0v) is 17.1. The normalized spacial score (nSPS) is 14.8. The summed E-state index contributed by atoms with van der Waals surface area (Å²) in [6.07, 6.45) is 4.37. The second-order valence-corrected chi connectivity index (χ2v) is 7.31. The van der Waals surface area contributed by atoms with Crippen molar-refractivity contribution in [3.63, 3.8) is 0 Å². The second kappa shape index (κ2) is 8.48. The molecule has 0 radical (unpaired) electrons. The van der Waals surface area contributed by atoms with Crippen molar-refractivity contribution in [2.24, 2.45) is 0 Å². The molecule has 8 heteroatoms. The van der Waals surface area contributed by atoms with E-state index < -0.39 is 0 Å². The van der Waals surface area contributed by atoms with E-state index in [4.69, 9.17) is 0 Å². The minimum Gasteiger partial charge on any atom is -0.338 e. The number of nitrogens with zero attached hydrogens (tertiary/aromatic N) is 7. The summed E-state index contributed by atoms with van der Waals surface area (Å²) in [7, 11) is 2.13. The van der Waals surface area contributed by atoms with Gasteiger partial charge in [-0.1, -0.05) is 36.8 Å². The summed E-state index contributed by atoms with van der Waals surface area (Å²) in [5.41, 5.74) is 3.28. The van der Waals surface area contributed by atoms with E-state index >= 15 is 0 Å². The SMILES string of the molecule is CCc1nc(Nc2ncc(-c3cccc(C)c3)cn2)nc(N2CCN(C)CC2)n1. The molecule has 8 nitrogen and oxygen atoms in total. The molecule has 0 aliphatic carbocycles. The fourth-order valence-corrected chi connectivity index (χ4v) is 3.24. The summed E-state index contributed by atoms with van der Waals surface area (Å²) < 4.78 is 0. The predicted octanol–water partition coefficient (Wildman–Crippen LogP) is 2.69. The highest BCUT2D eigenvalue weighted by molar-refractivity contribution is 5.63. The Morgan fingerprint density at radius 3 is 2.38 bits per heavy atom. The van der Waals surface area contributed by atoms with E-state index in [2.05, 4.69) is 72.2 Å². The molecule has 0 amide bonds. The molecule has 1 fully saturated rings. The van der Waals surface area contributed by atoms with Crippen LogP contribution in [0.4, 0.5) is 17.8 Å². The molecule has 0 unspecified atom stereocenters. The lowest BCUT2D eigenvalue weighted by Gasteiger charge is -2.32. The van der Waals surface area contributed by atoms with Gasteiger partial charge in [-0.2, -0.15) is 15.0 Å². The van der Waals surface area contributed by atoms with Gasteiger partial charge in [0.1, 0.15) is 5.82 Å². The van der Waals surface area contributed by atoms with Gasteiger partial charge in [-0.15, -0.1) is 0 Å². The Morgan fingerprint density at radius 1 is 0.931 bits per heavy atom. The molecule has 2 aromatic heterocycles. The van der Waals surface area contributed by atoms with Crippen LogP contribution in [0, 0.1) is 6.92 Å². The molecule has 1 aliphatic rings. The van der Waals surface area contributed by atoms with Crippen LogP contribution in [0.2, 0.25) is 0 Å². The largest absolute Gasteiger partial charge is 0.338 e. The van der Waals surface area contributed by atoms with Crippen molar-refractivity contribution in [2.75, 3.05) is 43.4 Å². The Morgan fingerprint density at radius 2 is 1.69 bits per heavy atom. The minimum absolute atomic E-state index is 0.471. The van der Waals surface area contributed by atoms with Crippen LogP contribution in [0.5, 0.6) is 0 Å². The smallest absolute Gasteiger partial charge is 0.234 e. The number of hydrogen-bond donors (Lipinski definition) is 1. The first kappa shape index (κ1) is 19.2. The van der Waals surface area contributed by atoms with Crippen molar-refractivity contribution in [3.8, 4) is 11.1 Å². The molecular weight excluding hydrogens is 364 g/mol. The van der Waals surface area contributed by atoms with Crippen LogP contribution >= 0.6 is 0 Å². The lowest BCUT2D eigenvalue weighted by Crippen LogP contribution is -2.45. The maximum absolute atomic E-state index is 4.61. The Kier molecular flexibility index (Phi) is 5.62. The van der Waals surface area contributed by atoms with Crippen LogP contribution in [0.25, 0.3) is 11.1 Å². The van der Waals surface area contributed by atoms with Gasteiger partial charge in [0.2, 0.25) is 17.8 Å². The highest BCUT2D eigenvalue weighted by Crippen LogP contribution is 2.20. The molecular formula is C21H26N8. The maximum Gasteiger partial charge on any atom is 0.234 e. The third kappa shape index (κ3) is 4.65. The van der Waals surface area contributed by atoms with E-state index in [1.807, 2.05) is 25.4 Å². The molecule has 29 heavy (non-hydrogen) atoms. The Hall–Kier alpha value is -3.13. The molecule has 0 saturated carbocycles. The molecule has 1 aliphatic heterocycles. The molecule has 1 aromatic carbocycles. The number of aryl methyl sites for hydroxylation is 2. The lowest BCUT2D eigenvalue weighted by atomic mass is 10.1. The minimum atomic E-state index is 0.471. The summed E-state index contributed by atoms with van der Waals surface area (Å²) in [5, 5.41) is 3.14. The van der Waals surface area contributed by atoms with Crippen molar-refractivity contribution in [2.45, 2.75) is 20.3 Å². The number of likely N-dealkylation sites (N-methyl/N-ethyl adjacent to an activating group) is 1. The van der Waals surface area contributed by atoms with Gasteiger partial charge in [-0.3, -0.25) is 5.32 Å². The summed E-state index contributed by atoms with van der Waals surface area (Å²) in [6.45, 7) is 7.93. The van der Waals surface area contributed by atoms with Crippen LogP contribution in [-0.4, -0.2) is 63.0 Å². The second-order valence-electron chi connectivity index (χ2n) is 7.31. The number of anilines is 3. The molecule has 3 aromatic rings. The molecule has 3 heterocycles. The number of benzene rings is 1. The Bertz CT molecular complexity index is 965. The van der Waals surface area contributed by atoms with Gasteiger partial charge in [0.15, 0.2) is 0 Å². The first-order chi connectivity index (χ1) is 14.1. The summed E-state index contributed by atoms with van der Waals surface area (Å²) in [6, 6.07) is 8.28. The van der Waals surface area contributed by atoms with Gasteiger partial charge in [0.05, 0.1) is 0 Å². The van der Waals surface area contributed by atoms with Crippen LogP contribution in [0.3, 0.4) is 0 Å². The first-order valence-electron chi connectivity index (χ1n) is 9.95. The van der Waals surface area contributed by atoms with E-state index in [1.165, 1.54) is 5.56 Å². The maximum atomic E-state index is 4.61. The molecule has 0 spiro atoms. The van der Waals surface area contributed by atoms with Gasteiger partial charge in [-0.25, -0.2) is 9.97 Å². The molecule has 150 valence electrons. The summed E-state index contributed by atoms with van der Waals surface area (Å²) in [4.78, 5) is 27.1. The lowest BCUT2D eigenvalue weighted by molar-refractivity contribution is 0.311. The number of nitrogens with one attached hydrogen (secondary N) is 1. The first-order valence-corrected chi connectivity index (χ1v) is 9.95. The van der Waals surface area contributed by atoms with Crippen LogP contribution < -0.4 is 10.2 Å². The van der Waals surface area contributed by atoms with E-state index in [-0.39, 0.29) is 0 Å². The van der Waals surface area contributed by atoms with Crippen molar-refractivity contribution in [1.82, 2.24) is 29.8 Å². The van der Waals surface area contributed by atoms with Gasteiger partial charge in [-0.05, 0) is 19.5 Å². The number of aromatic nitrogens is 5. The number of hydrogen-bond acceptors (Lipinski definition) is 8. The van der Waals surface area contributed by atoms with Crippen molar-refractivity contribution >= 4 is 17.8 Å². The van der Waals surface area contributed by atoms with Gasteiger partial charge in [0, 0.05) is 50.6 Å².